The molecule has 0 spiro atoms. The first-order chi connectivity index (χ1) is 13.2. The van der Waals surface area contributed by atoms with E-state index in [-0.39, 0.29) is 0 Å². The Labute approximate surface area is 163 Å². The van der Waals surface area contributed by atoms with Gasteiger partial charge in [0.05, 0.1) is 17.2 Å². The quantitative estimate of drug-likeness (QED) is 0.371. The number of rotatable bonds is 7. The highest BCUT2D eigenvalue weighted by atomic mass is 32.2. The van der Waals surface area contributed by atoms with Crippen LogP contribution in [0.4, 0.5) is 0 Å². The van der Waals surface area contributed by atoms with E-state index in [2.05, 4.69) is 20.3 Å². The Morgan fingerprint density at radius 2 is 2.07 bits per heavy atom. The highest BCUT2D eigenvalue weighted by Gasteiger charge is 2.15. The Morgan fingerprint density at radius 3 is 2.81 bits per heavy atom. The van der Waals surface area contributed by atoms with Crippen molar-refractivity contribution in [3.63, 3.8) is 0 Å². The molecule has 8 nitrogen and oxygen atoms in total. The van der Waals surface area contributed by atoms with Crippen molar-refractivity contribution < 1.29 is 9.26 Å². The third kappa shape index (κ3) is 3.81. The van der Waals surface area contributed by atoms with Gasteiger partial charge in [0.1, 0.15) is 5.75 Å². The summed E-state index contributed by atoms with van der Waals surface area (Å²) in [5.41, 5.74) is 0.859. The molecule has 0 aliphatic carbocycles. The SMILES string of the molecule is CCOc1ccc(-c2nnc(SCc3nc(-c4cccs4)no3)n2N)cc1. The number of thioether (sulfide) groups is 1. The van der Waals surface area contributed by atoms with Gasteiger partial charge in [-0.15, -0.1) is 21.5 Å². The van der Waals surface area contributed by atoms with E-state index >= 15 is 0 Å². The summed E-state index contributed by atoms with van der Waals surface area (Å²) in [4.78, 5) is 5.36. The zero-order chi connectivity index (χ0) is 18.6. The minimum absolute atomic E-state index is 0.455. The minimum Gasteiger partial charge on any atom is -0.494 e. The molecule has 0 unspecified atom stereocenters. The molecule has 0 atom stereocenters. The van der Waals surface area contributed by atoms with Gasteiger partial charge >= 0.3 is 0 Å². The van der Waals surface area contributed by atoms with Gasteiger partial charge in [0.15, 0.2) is 5.82 Å². The lowest BCUT2D eigenvalue weighted by atomic mass is 10.2. The number of hydrogen-bond donors (Lipinski definition) is 1. The lowest BCUT2D eigenvalue weighted by molar-refractivity contribution is 0.340. The summed E-state index contributed by atoms with van der Waals surface area (Å²) in [5.74, 6) is 9.08. The van der Waals surface area contributed by atoms with E-state index in [1.54, 1.807) is 11.3 Å². The van der Waals surface area contributed by atoms with E-state index in [0.29, 0.717) is 35.1 Å². The summed E-state index contributed by atoms with van der Waals surface area (Å²) in [6.45, 7) is 2.57. The molecule has 1 aromatic carbocycles. The third-order valence-electron chi connectivity index (χ3n) is 3.62. The van der Waals surface area contributed by atoms with Crippen LogP contribution in [0, 0.1) is 0 Å². The van der Waals surface area contributed by atoms with Crippen LogP contribution in [0.25, 0.3) is 22.1 Å². The van der Waals surface area contributed by atoms with Gasteiger partial charge in [-0.1, -0.05) is 23.0 Å². The fourth-order valence-electron chi connectivity index (χ4n) is 2.38. The second kappa shape index (κ2) is 7.80. The Morgan fingerprint density at radius 1 is 1.22 bits per heavy atom. The number of aromatic nitrogens is 5. The molecule has 3 heterocycles. The van der Waals surface area contributed by atoms with Gasteiger partial charge in [0, 0.05) is 5.56 Å². The fraction of sp³-hybridized carbons (Fsp3) is 0.176. The zero-order valence-corrected chi connectivity index (χ0v) is 16.0. The molecule has 10 heteroatoms. The molecule has 3 aromatic heterocycles. The van der Waals surface area contributed by atoms with Crippen molar-refractivity contribution >= 4 is 23.1 Å². The highest BCUT2D eigenvalue weighted by molar-refractivity contribution is 7.98. The minimum atomic E-state index is 0.455. The molecule has 0 saturated carbocycles. The van der Waals surface area contributed by atoms with E-state index in [1.807, 2.05) is 48.7 Å². The molecule has 4 rings (SSSR count). The van der Waals surface area contributed by atoms with Gasteiger partial charge in [0.25, 0.3) is 0 Å². The molecule has 0 saturated heterocycles. The first-order valence-electron chi connectivity index (χ1n) is 8.17. The molecule has 0 amide bonds. The first kappa shape index (κ1) is 17.6. The van der Waals surface area contributed by atoms with Crippen molar-refractivity contribution in [1.82, 2.24) is 25.0 Å². The zero-order valence-electron chi connectivity index (χ0n) is 14.4. The van der Waals surface area contributed by atoms with E-state index in [9.17, 15) is 0 Å². The molecule has 0 radical (unpaired) electrons. The maximum absolute atomic E-state index is 6.15. The van der Waals surface area contributed by atoms with Gasteiger partial charge in [-0.3, -0.25) is 0 Å². The largest absolute Gasteiger partial charge is 0.494 e. The van der Waals surface area contributed by atoms with Crippen LogP contribution >= 0.6 is 23.1 Å². The predicted octanol–water partition coefficient (Wildman–Crippen LogP) is 3.46. The lowest BCUT2D eigenvalue weighted by Gasteiger charge is -2.05. The molecule has 4 aromatic rings. The van der Waals surface area contributed by atoms with Crippen molar-refractivity contribution in [2.24, 2.45) is 0 Å². The van der Waals surface area contributed by atoms with Gasteiger partial charge in [-0.2, -0.15) is 4.98 Å². The second-order valence-corrected chi connectivity index (χ2v) is 7.30. The van der Waals surface area contributed by atoms with Crippen LogP contribution in [0.15, 0.2) is 51.5 Å². The molecular weight excluding hydrogens is 384 g/mol. The topological polar surface area (TPSA) is 105 Å². The Bertz CT molecular complexity index is 1010. The van der Waals surface area contributed by atoms with Crippen LogP contribution in [-0.4, -0.2) is 31.6 Å². The van der Waals surface area contributed by atoms with Gasteiger partial charge in [-0.25, -0.2) is 4.68 Å². The van der Waals surface area contributed by atoms with Crippen LogP contribution in [0.2, 0.25) is 0 Å². The molecule has 0 aliphatic rings. The summed E-state index contributed by atoms with van der Waals surface area (Å²) in [6, 6.07) is 11.5. The summed E-state index contributed by atoms with van der Waals surface area (Å²) in [6.07, 6.45) is 0. The average Bonchev–Trinajstić information content (AvgIpc) is 3.42. The molecule has 0 fully saturated rings. The Balaban J connectivity index is 1.45. The number of nitrogens with zero attached hydrogens (tertiary/aromatic N) is 5. The smallest absolute Gasteiger partial charge is 0.237 e. The Hall–Kier alpha value is -2.85. The molecule has 27 heavy (non-hydrogen) atoms. The number of nitrogens with two attached hydrogens (primary N) is 1. The van der Waals surface area contributed by atoms with Gasteiger partial charge in [-0.05, 0) is 42.6 Å². The van der Waals surface area contributed by atoms with Crippen molar-refractivity contribution in [2.45, 2.75) is 17.8 Å². The van der Waals surface area contributed by atoms with E-state index in [0.717, 1.165) is 16.2 Å². The predicted molar refractivity (Wildman–Crippen MR) is 104 cm³/mol. The first-order valence-corrected chi connectivity index (χ1v) is 10.0. The second-order valence-electron chi connectivity index (χ2n) is 5.41. The van der Waals surface area contributed by atoms with Crippen LogP contribution in [0.3, 0.4) is 0 Å². The van der Waals surface area contributed by atoms with Crippen LogP contribution in [-0.2, 0) is 5.75 Å². The van der Waals surface area contributed by atoms with Gasteiger partial charge < -0.3 is 15.1 Å². The van der Waals surface area contributed by atoms with Crippen molar-refractivity contribution in [3.05, 3.63) is 47.7 Å². The van der Waals surface area contributed by atoms with Crippen LogP contribution in [0.5, 0.6) is 5.75 Å². The maximum Gasteiger partial charge on any atom is 0.237 e. The summed E-state index contributed by atoms with van der Waals surface area (Å²) < 4.78 is 12.2. The monoisotopic (exact) mass is 400 g/mol. The van der Waals surface area contributed by atoms with Crippen molar-refractivity contribution in [2.75, 3.05) is 12.4 Å². The number of nitrogen functional groups attached to an aromatic ring is 1. The van der Waals surface area contributed by atoms with Crippen LogP contribution < -0.4 is 10.6 Å². The molecule has 2 N–H and O–H groups in total. The molecule has 0 aliphatic heterocycles. The van der Waals surface area contributed by atoms with Crippen molar-refractivity contribution in [1.29, 1.82) is 0 Å². The number of hydrogen-bond acceptors (Lipinski definition) is 9. The number of benzene rings is 1. The normalized spacial score (nSPS) is 11.0. The van der Waals surface area contributed by atoms with Crippen molar-refractivity contribution in [3.8, 4) is 27.8 Å². The molecule has 0 bridgehead atoms. The molecule has 138 valence electrons. The standard InChI is InChI=1S/C17H16N6O2S2/c1-2-24-12-7-5-11(6-8-12)16-20-21-17(23(16)18)27-10-14-19-15(22-25-14)13-4-3-9-26-13/h3-9H,2,10,18H2,1H3. The summed E-state index contributed by atoms with van der Waals surface area (Å²) in [5, 5.41) is 14.9. The maximum atomic E-state index is 6.15. The van der Waals surface area contributed by atoms with E-state index in [4.69, 9.17) is 15.1 Å². The fourth-order valence-corrected chi connectivity index (χ4v) is 3.73. The molecular formula is C17H16N6O2S2. The average molecular weight is 400 g/mol. The van der Waals surface area contributed by atoms with E-state index in [1.165, 1.54) is 16.4 Å². The number of thiophene rings is 1. The Kier molecular flexibility index (Phi) is 5.07. The van der Waals surface area contributed by atoms with E-state index < -0.39 is 0 Å². The summed E-state index contributed by atoms with van der Waals surface area (Å²) in [7, 11) is 0. The summed E-state index contributed by atoms with van der Waals surface area (Å²) >= 11 is 2.95. The number of ether oxygens (including phenoxy) is 1. The van der Waals surface area contributed by atoms with Crippen LogP contribution in [0.1, 0.15) is 12.8 Å². The van der Waals surface area contributed by atoms with Gasteiger partial charge in [0.2, 0.25) is 16.9 Å². The lowest BCUT2D eigenvalue weighted by Crippen LogP contribution is -2.11. The highest BCUT2D eigenvalue weighted by Crippen LogP contribution is 2.27. The third-order valence-corrected chi connectivity index (χ3v) is 5.42.